The SMILES string of the molecule is CC(O)(COc1c(I)cc(C#N)cc1[N+](=O)[O-])C(=O)O. The molecule has 0 bridgehead atoms. The van der Waals surface area contributed by atoms with Gasteiger partial charge < -0.3 is 14.9 Å². The van der Waals surface area contributed by atoms with Crippen molar-refractivity contribution in [3.05, 3.63) is 31.4 Å². The van der Waals surface area contributed by atoms with E-state index in [1.807, 2.05) is 0 Å². The minimum Gasteiger partial charge on any atom is -0.482 e. The van der Waals surface area contributed by atoms with Gasteiger partial charge in [-0.1, -0.05) is 0 Å². The van der Waals surface area contributed by atoms with Crippen LogP contribution in [0.2, 0.25) is 0 Å². The summed E-state index contributed by atoms with van der Waals surface area (Å²) in [6, 6.07) is 4.15. The van der Waals surface area contributed by atoms with E-state index in [-0.39, 0.29) is 14.9 Å². The molecule has 0 heterocycles. The quantitative estimate of drug-likeness (QED) is 0.438. The van der Waals surface area contributed by atoms with Gasteiger partial charge in [-0.05, 0) is 35.6 Å². The third-order valence-electron chi connectivity index (χ3n) is 2.31. The Hall–Kier alpha value is -1.93. The first kappa shape index (κ1) is 16.1. The van der Waals surface area contributed by atoms with Gasteiger partial charge in [-0.15, -0.1) is 0 Å². The number of aliphatic hydroxyl groups is 1. The summed E-state index contributed by atoms with van der Waals surface area (Å²) in [4.78, 5) is 20.9. The van der Waals surface area contributed by atoms with E-state index < -0.39 is 28.8 Å². The highest BCUT2D eigenvalue weighted by Crippen LogP contribution is 2.34. The molecule has 1 aromatic carbocycles. The maximum atomic E-state index is 10.9. The average molecular weight is 392 g/mol. The fourth-order valence-electron chi connectivity index (χ4n) is 1.20. The van der Waals surface area contributed by atoms with Crippen molar-refractivity contribution >= 4 is 34.2 Å². The molecule has 0 saturated heterocycles. The van der Waals surface area contributed by atoms with Gasteiger partial charge in [0.1, 0.15) is 6.61 Å². The number of aliphatic carboxylic acids is 1. The van der Waals surface area contributed by atoms with Crippen molar-refractivity contribution in [2.45, 2.75) is 12.5 Å². The minimum absolute atomic E-state index is 0.0819. The standard InChI is InChI=1S/C11H9IN2O6/c1-11(17,10(15)16)5-20-9-7(12)2-6(4-13)3-8(9)14(18)19/h2-3,17H,5H2,1H3,(H,15,16). The predicted octanol–water partition coefficient (Wildman–Crippen LogP) is 1.29. The van der Waals surface area contributed by atoms with Crippen LogP contribution in [0.3, 0.4) is 0 Å². The molecule has 0 saturated carbocycles. The normalized spacial score (nSPS) is 13.1. The molecule has 0 spiro atoms. The van der Waals surface area contributed by atoms with Crippen LogP contribution in [0, 0.1) is 25.0 Å². The average Bonchev–Trinajstić information content (AvgIpc) is 2.35. The Morgan fingerprint density at radius 3 is 2.70 bits per heavy atom. The molecule has 0 radical (unpaired) electrons. The van der Waals surface area contributed by atoms with Gasteiger partial charge in [0.2, 0.25) is 5.75 Å². The van der Waals surface area contributed by atoms with Gasteiger partial charge in [0, 0.05) is 6.07 Å². The second-order valence-electron chi connectivity index (χ2n) is 4.04. The first-order valence-electron chi connectivity index (χ1n) is 5.15. The fourth-order valence-corrected chi connectivity index (χ4v) is 1.96. The molecule has 0 fully saturated rings. The second-order valence-corrected chi connectivity index (χ2v) is 5.21. The molecular weight excluding hydrogens is 383 g/mol. The first-order valence-corrected chi connectivity index (χ1v) is 6.23. The third kappa shape index (κ3) is 3.55. The molecule has 0 amide bonds. The molecule has 20 heavy (non-hydrogen) atoms. The number of nitrogens with zero attached hydrogens (tertiary/aromatic N) is 2. The number of ether oxygens (including phenoxy) is 1. The van der Waals surface area contributed by atoms with Crippen LogP contribution in [0.15, 0.2) is 12.1 Å². The molecule has 1 rings (SSSR count). The number of halogens is 1. The highest BCUT2D eigenvalue weighted by atomic mass is 127. The molecule has 0 aliphatic heterocycles. The highest BCUT2D eigenvalue weighted by Gasteiger charge is 2.32. The monoisotopic (exact) mass is 392 g/mol. The van der Waals surface area contributed by atoms with E-state index in [1.54, 1.807) is 28.7 Å². The maximum Gasteiger partial charge on any atom is 0.339 e. The van der Waals surface area contributed by atoms with Crippen molar-refractivity contribution in [2.75, 3.05) is 6.61 Å². The van der Waals surface area contributed by atoms with Crippen LogP contribution < -0.4 is 4.74 Å². The van der Waals surface area contributed by atoms with E-state index >= 15 is 0 Å². The van der Waals surface area contributed by atoms with Crippen LogP contribution in [0.5, 0.6) is 5.75 Å². The van der Waals surface area contributed by atoms with E-state index in [1.165, 1.54) is 6.07 Å². The molecule has 0 aromatic heterocycles. The largest absolute Gasteiger partial charge is 0.482 e. The Morgan fingerprint density at radius 2 is 2.25 bits per heavy atom. The van der Waals surface area contributed by atoms with Crippen LogP contribution in [0.25, 0.3) is 0 Å². The van der Waals surface area contributed by atoms with Crippen molar-refractivity contribution < 1.29 is 24.7 Å². The van der Waals surface area contributed by atoms with Gasteiger partial charge in [-0.25, -0.2) is 4.79 Å². The van der Waals surface area contributed by atoms with Gasteiger partial charge in [0.15, 0.2) is 5.60 Å². The Labute approximate surface area is 126 Å². The topological polar surface area (TPSA) is 134 Å². The van der Waals surface area contributed by atoms with E-state index in [2.05, 4.69) is 0 Å². The van der Waals surface area contributed by atoms with Crippen LogP contribution in [0.1, 0.15) is 12.5 Å². The van der Waals surface area contributed by atoms with Crippen LogP contribution >= 0.6 is 22.6 Å². The summed E-state index contributed by atoms with van der Waals surface area (Å²) in [5.41, 5.74) is -2.56. The number of benzene rings is 1. The Balaban J connectivity index is 3.16. The van der Waals surface area contributed by atoms with Gasteiger partial charge in [0.25, 0.3) is 0 Å². The summed E-state index contributed by atoms with van der Waals surface area (Å²) in [5, 5.41) is 38.0. The minimum atomic E-state index is -2.18. The van der Waals surface area contributed by atoms with E-state index in [4.69, 9.17) is 15.1 Å². The summed E-state index contributed by atoms with van der Waals surface area (Å²) in [6.45, 7) is 0.350. The fraction of sp³-hybridized carbons (Fsp3) is 0.273. The predicted molar refractivity (Wildman–Crippen MR) is 74.3 cm³/mol. The maximum absolute atomic E-state index is 10.9. The number of nitriles is 1. The van der Waals surface area contributed by atoms with Gasteiger partial charge in [0.05, 0.1) is 20.1 Å². The molecule has 1 atom stereocenters. The summed E-state index contributed by atoms with van der Waals surface area (Å²) in [6.07, 6.45) is 0. The van der Waals surface area contributed by atoms with Gasteiger partial charge in [-0.2, -0.15) is 5.26 Å². The van der Waals surface area contributed by atoms with Gasteiger partial charge in [-0.3, -0.25) is 10.1 Å². The summed E-state index contributed by atoms with van der Waals surface area (Å²) in [7, 11) is 0. The third-order valence-corrected chi connectivity index (χ3v) is 3.11. The molecule has 2 N–H and O–H groups in total. The van der Waals surface area contributed by atoms with Crippen molar-refractivity contribution in [2.24, 2.45) is 0 Å². The molecule has 0 aliphatic rings. The van der Waals surface area contributed by atoms with E-state index in [0.29, 0.717) is 0 Å². The number of carboxylic acids is 1. The highest BCUT2D eigenvalue weighted by molar-refractivity contribution is 14.1. The number of hydrogen-bond acceptors (Lipinski definition) is 6. The molecular formula is C11H9IN2O6. The van der Waals surface area contributed by atoms with Gasteiger partial charge >= 0.3 is 11.7 Å². The second kappa shape index (κ2) is 6.02. The number of carboxylic acid groups (broad SMARTS) is 1. The molecule has 1 aromatic rings. The molecule has 8 nitrogen and oxygen atoms in total. The lowest BCUT2D eigenvalue weighted by Gasteiger charge is -2.18. The smallest absolute Gasteiger partial charge is 0.339 e. The molecule has 1 unspecified atom stereocenters. The number of rotatable bonds is 5. The zero-order valence-corrected chi connectivity index (χ0v) is 12.3. The van der Waals surface area contributed by atoms with Crippen molar-refractivity contribution in [1.29, 1.82) is 5.26 Å². The number of hydrogen-bond donors (Lipinski definition) is 2. The van der Waals surface area contributed by atoms with Crippen LogP contribution in [-0.4, -0.2) is 33.3 Å². The van der Waals surface area contributed by atoms with Crippen LogP contribution in [0.4, 0.5) is 5.69 Å². The molecule has 0 aliphatic carbocycles. The lowest BCUT2D eigenvalue weighted by Crippen LogP contribution is -2.41. The Kier molecular flexibility index (Phi) is 4.85. The van der Waals surface area contributed by atoms with Crippen molar-refractivity contribution in [3.8, 4) is 11.8 Å². The lowest BCUT2D eigenvalue weighted by molar-refractivity contribution is -0.386. The van der Waals surface area contributed by atoms with Crippen LogP contribution in [-0.2, 0) is 4.79 Å². The van der Waals surface area contributed by atoms with Crippen molar-refractivity contribution in [1.82, 2.24) is 0 Å². The number of nitro benzene ring substituents is 1. The first-order chi connectivity index (χ1) is 9.19. The van der Waals surface area contributed by atoms with E-state index in [0.717, 1.165) is 13.0 Å². The number of carbonyl (C=O) groups is 1. The Bertz CT molecular complexity index is 608. The summed E-state index contributed by atoms with van der Waals surface area (Å²) in [5.74, 6) is -1.69. The van der Waals surface area contributed by atoms with Crippen molar-refractivity contribution in [3.63, 3.8) is 0 Å². The summed E-state index contributed by atoms with van der Waals surface area (Å²) >= 11 is 1.73. The Morgan fingerprint density at radius 1 is 1.65 bits per heavy atom. The summed E-state index contributed by atoms with van der Waals surface area (Å²) < 4.78 is 5.34. The van der Waals surface area contributed by atoms with E-state index in [9.17, 15) is 20.0 Å². The molecule has 9 heteroatoms. The lowest BCUT2D eigenvalue weighted by atomic mass is 10.1. The zero-order valence-electron chi connectivity index (χ0n) is 10.2. The number of nitro groups is 1. The zero-order chi connectivity index (χ0) is 15.5. The molecule has 106 valence electrons.